The second kappa shape index (κ2) is 7.98. The second-order valence-corrected chi connectivity index (χ2v) is 8.30. The SMILES string of the molecule is COc1ccc(C2=NN3[C@@H](c4cccc(Cl)c4)Oc4ccc(Cl)cc4[C@@H]3C2)cc1OC. The van der Waals surface area contributed by atoms with Crippen LogP contribution in [0.4, 0.5) is 0 Å². The molecule has 0 spiro atoms. The van der Waals surface area contributed by atoms with Crippen molar-refractivity contribution >= 4 is 28.9 Å². The number of halogens is 2. The Morgan fingerprint density at radius 1 is 0.935 bits per heavy atom. The summed E-state index contributed by atoms with van der Waals surface area (Å²) in [5, 5.41) is 8.29. The van der Waals surface area contributed by atoms with Gasteiger partial charge < -0.3 is 14.2 Å². The van der Waals surface area contributed by atoms with E-state index in [2.05, 4.69) is 0 Å². The van der Waals surface area contributed by atoms with Crippen molar-refractivity contribution in [2.75, 3.05) is 14.2 Å². The van der Waals surface area contributed by atoms with Crippen molar-refractivity contribution in [3.63, 3.8) is 0 Å². The second-order valence-electron chi connectivity index (χ2n) is 7.42. The average molecular weight is 455 g/mol. The minimum atomic E-state index is -0.394. The molecule has 2 aliphatic heterocycles. The third-order valence-corrected chi connectivity index (χ3v) is 6.07. The predicted molar refractivity (Wildman–Crippen MR) is 122 cm³/mol. The first-order chi connectivity index (χ1) is 15.1. The highest BCUT2D eigenvalue weighted by molar-refractivity contribution is 6.31. The molecule has 5 rings (SSSR count). The van der Waals surface area contributed by atoms with Crippen molar-refractivity contribution in [1.29, 1.82) is 0 Å². The van der Waals surface area contributed by atoms with E-state index in [1.165, 1.54) is 0 Å². The van der Waals surface area contributed by atoms with Crippen LogP contribution in [0, 0.1) is 0 Å². The lowest BCUT2D eigenvalue weighted by Gasteiger charge is -2.38. The summed E-state index contributed by atoms with van der Waals surface area (Å²) in [7, 11) is 3.25. The van der Waals surface area contributed by atoms with Crippen molar-refractivity contribution in [2.24, 2.45) is 5.10 Å². The van der Waals surface area contributed by atoms with E-state index >= 15 is 0 Å². The van der Waals surface area contributed by atoms with Gasteiger partial charge in [-0.1, -0.05) is 35.3 Å². The van der Waals surface area contributed by atoms with Crippen LogP contribution in [0.3, 0.4) is 0 Å². The van der Waals surface area contributed by atoms with Crippen molar-refractivity contribution < 1.29 is 14.2 Å². The molecule has 5 nitrogen and oxygen atoms in total. The van der Waals surface area contributed by atoms with Crippen LogP contribution in [0.15, 0.2) is 65.8 Å². The number of fused-ring (bicyclic) bond motifs is 3. The third kappa shape index (κ3) is 3.58. The third-order valence-electron chi connectivity index (χ3n) is 5.60. The van der Waals surface area contributed by atoms with Gasteiger partial charge in [-0.05, 0) is 48.5 Å². The zero-order valence-corrected chi connectivity index (χ0v) is 18.5. The zero-order valence-electron chi connectivity index (χ0n) is 17.0. The van der Waals surface area contributed by atoms with Crippen molar-refractivity contribution in [3.8, 4) is 17.2 Å². The van der Waals surface area contributed by atoms with E-state index in [1.54, 1.807) is 14.2 Å². The van der Waals surface area contributed by atoms with E-state index in [-0.39, 0.29) is 6.04 Å². The lowest BCUT2D eigenvalue weighted by atomic mass is 9.95. The van der Waals surface area contributed by atoms with Gasteiger partial charge in [-0.3, -0.25) is 0 Å². The molecule has 0 aliphatic carbocycles. The van der Waals surface area contributed by atoms with E-state index in [4.69, 9.17) is 42.5 Å². The van der Waals surface area contributed by atoms with Crippen molar-refractivity contribution in [2.45, 2.75) is 18.7 Å². The number of rotatable bonds is 4. The molecule has 2 atom stereocenters. The summed E-state index contributed by atoms with van der Waals surface area (Å²) in [6.07, 6.45) is 0.318. The molecule has 0 unspecified atom stereocenters. The number of benzene rings is 3. The Labute approximate surface area is 190 Å². The van der Waals surface area contributed by atoms with Crippen LogP contribution in [-0.2, 0) is 0 Å². The minimum absolute atomic E-state index is 0.00507. The van der Waals surface area contributed by atoms with Gasteiger partial charge in [0.25, 0.3) is 0 Å². The number of hydrogen-bond donors (Lipinski definition) is 0. The van der Waals surface area contributed by atoms with Crippen LogP contribution >= 0.6 is 23.2 Å². The highest BCUT2D eigenvalue weighted by Crippen LogP contribution is 2.48. The summed E-state index contributed by atoms with van der Waals surface area (Å²) in [6, 6.07) is 19.2. The van der Waals surface area contributed by atoms with E-state index in [0.717, 1.165) is 28.2 Å². The van der Waals surface area contributed by atoms with Crippen LogP contribution in [0.5, 0.6) is 17.2 Å². The minimum Gasteiger partial charge on any atom is -0.493 e. The van der Waals surface area contributed by atoms with Gasteiger partial charge in [-0.15, -0.1) is 0 Å². The molecule has 0 radical (unpaired) electrons. The quantitative estimate of drug-likeness (QED) is 0.466. The summed E-state index contributed by atoms with van der Waals surface area (Å²) in [6.45, 7) is 0. The lowest BCUT2D eigenvalue weighted by molar-refractivity contribution is -0.0190. The van der Waals surface area contributed by atoms with Gasteiger partial charge in [0.05, 0.1) is 26.0 Å². The number of hydrogen-bond acceptors (Lipinski definition) is 5. The maximum atomic E-state index is 6.36. The van der Waals surface area contributed by atoms with E-state index in [0.29, 0.717) is 28.0 Å². The highest BCUT2D eigenvalue weighted by atomic mass is 35.5. The van der Waals surface area contributed by atoms with Gasteiger partial charge in [0.2, 0.25) is 6.23 Å². The fourth-order valence-corrected chi connectivity index (χ4v) is 4.51. The topological polar surface area (TPSA) is 43.3 Å². The molecular weight excluding hydrogens is 435 g/mol. The summed E-state index contributed by atoms with van der Waals surface area (Å²) >= 11 is 12.6. The number of hydrazone groups is 1. The fraction of sp³-hybridized carbons (Fsp3) is 0.208. The molecule has 7 heteroatoms. The van der Waals surface area contributed by atoms with Gasteiger partial charge in [0.1, 0.15) is 5.75 Å². The zero-order chi connectivity index (χ0) is 21.5. The molecule has 0 N–H and O–H groups in total. The van der Waals surface area contributed by atoms with Gasteiger partial charge in [-0.2, -0.15) is 5.10 Å². The Hall–Kier alpha value is -2.89. The Morgan fingerprint density at radius 3 is 2.52 bits per heavy atom. The summed E-state index contributed by atoms with van der Waals surface area (Å²) in [5.74, 6) is 2.15. The maximum Gasteiger partial charge on any atom is 0.213 e. The van der Waals surface area contributed by atoms with Crippen LogP contribution in [0.25, 0.3) is 0 Å². The maximum absolute atomic E-state index is 6.36. The molecule has 0 saturated heterocycles. The largest absolute Gasteiger partial charge is 0.493 e. The Balaban J connectivity index is 1.59. The molecule has 0 bridgehead atoms. The smallest absolute Gasteiger partial charge is 0.213 e. The molecule has 0 aromatic heterocycles. The van der Waals surface area contributed by atoms with Gasteiger partial charge in [-0.25, -0.2) is 5.01 Å². The van der Waals surface area contributed by atoms with E-state index in [9.17, 15) is 0 Å². The summed E-state index contributed by atoms with van der Waals surface area (Å²) in [5.41, 5.74) is 3.87. The highest BCUT2D eigenvalue weighted by Gasteiger charge is 2.41. The first kappa shape index (κ1) is 20.0. The number of ether oxygens (including phenoxy) is 3. The Morgan fingerprint density at radius 2 is 1.74 bits per heavy atom. The summed E-state index contributed by atoms with van der Waals surface area (Å²) < 4.78 is 17.2. The lowest BCUT2D eigenvalue weighted by Crippen LogP contribution is -2.33. The van der Waals surface area contributed by atoms with Crippen LogP contribution in [-0.4, -0.2) is 24.9 Å². The molecule has 158 valence electrons. The molecule has 3 aromatic rings. The van der Waals surface area contributed by atoms with Crippen LogP contribution in [0.1, 0.15) is 35.4 Å². The molecular formula is C24H20Cl2N2O3. The van der Waals surface area contributed by atoms with Crippen LogP contribution < -0.4 is 14.2 Å². The van der Waals surface area contributed by atoms with E-state index < -0.39 is 6.23 Å². The normalized spacial score (nSPS) is 19.2. The summed E-state index contributed by atoms with van der Waals surface area (Å²) in [4.78, 5) is 0. The monoisotopic (exact) mass is 454 g/mol. The molecule has 0 fully saturated rings. The predicted octanol–water partition coefficient (Wildman–Crippen LogP) is 6.25. The van der Waals surface area contributed by atoms with Crippen LogP contribution in [0.2, 0.25) is 10.0 Å². The average Bonchev–Trinajstić information content (AvgIpc) is 3.24. The molecule has 3 aromatic carbocycles. The van der Waals surface area contributed by atoms with Crippen molar-refractivity contribution in [3.05, 3.63) is 87.4 Å². The molecule has 31 heavy (non-hydrogen) atoms. The standard InChI is InChI=1S/C24H20Cl2N2O3/c1-29-22-8-6-14(11-23(22)30-2)19-13-20-18-12-17(26)7-9-21(18)31-24(28(20)27-19)15-4-3-5-16(25)10-15/h3-12,20,24H,13H2,1-2H3/t20-,24+/m0/s1. The molecule has 0 amide bonds. The van der Waals surface area contributed by atoms with Gasteiger partial charge in [0.15, 0.2) is 11.5 Å². The number of nitrogens with zero attached hydrogens (tertiary/aromatic N) is 2. The first-order valence-corrected chi connectivity index (χ1v) is 10.6. The number of methoxy groups -OCH3 is 2. The molecule has 0 saturated carbocycles. The molecule has 2 heterocycles. The van der Waals surface area contributed by atoms with Crippen molar-refractivity contribution in [1.82, 2.24) is 5.01 Å². The Bertz CT molecular complexity index is 1180. The van der Waals surface area contributed by atoms with Gasteiger partial charge in [0, 0.05) is 33.2 Å². The van der Waals surface area contributed by atoms with E-state index in [1.807, 2.05) is 65.7 Å². The fourth-order valence-electron chi connectivity index (χ4n) is 4.13. The first-order valence-electron chi connectivity index (χ1n) is 9.87. The Kier molecular flexibility index (Phi) is 5.16. The molecule has 2 aliphatic rings. The van der Waals surface area contributed by atoms with Gasteiger partial charge >= 0.3 is 0 Å².